The van der Waals surface area contributed by atoms with Crippen LogP contribution in [0.15, 0.2) is 43.0 Å². The van der Waals surface area contributed by atoms with Gasteiger partial charge in [-0.1, -0.05) is 12.1 Å². The summed E-state index contributed by atoms with van der Waals surface area (Å²) in [6.07, 6.45) is 5.31. The SMILES string of the molecule is O=C1N[C@H](Cn2ccnc2)COc2ccccc21. The van der Waals surface area contributed by atoms with Crippen LogP contribution < -0.4 is 10.1 Å². The maximum atomic E-state index is 12.0. The summed E-state index contributed by atoms with van der Waals surface area (Å²) in [5, 5.41) is 2.96. The van der Waals surface area contributed by atoms with Crippen molar-refractivity contribution in [3.8, 4) is 5.75 Å². The third kappa shape index (κ3) is 2.07. The number of hydrogen-bond donors (Lipinski definition) is 1. The van der Waals surface area contributed by atoms with Crippen LogP contribution in [0, 0.1) is 0 Å². The zero-order chi connectivity index (χ0) is 12.4. The summed E-state index contributed by atoms with van der Waals surface area (Å²) < 4.78 is 7.58. The molecule has 18 heavy (non-hydrogen) atoms. The Labute approximate surface area is 104 Å². The van der Waals surface area contributed by atoms with Crippen LogP contribution in [-0.2, 0) is 6.54 Å². The lowest BCUT2D eigenvalue weighted by atomic mass is 10.2. The lowest BCUT2D eigenvalue weighted by Gasteiger charge is -2.15. The van der Waals surface area contributed by atoms with Gasteiger partial charge < -0.3 is 14.6 Å². The zero-order valence-corrected chi connectivity index (χ0v) is 9.74. The smallest absolute Gasteiger partial charge is 0.255 e. The number of para-hydroxylation sites is 1. The van der Waals surface area contributed by atoms with Gasteiger partial charge in [0.15, 0.2) is 0 Å². The van der Waals surface area contributed by atoms with Crippen LogP contribution in [-0.4, -0.2) is 28.1 Å². The molecule has 2 aromatic rings. The number of hydrogen-bond acceptors (Lipinski definition) is 3. The van der Waals surface area contributed by atoms with E-state index in [9.17, 15) is 4.79 Å². The summed E-state index contributed by atoms with van der Waals surface area (Å²) in [6.45, 7) is 1.11. The molecule has 1 amide bonds. The molecule has 5 heteroatoms. The average Bonchev–Trinajstić information content (AvgIpc) is 2.83. The molecular weight excluding hydrogens is 230 g/mol. The standard InChI is InChI=1S/C13H13N3O2/c17-13-11-3-1-2-4-12(11)18-8-10(15-13)7-16-6-5-14-9-16/h1-6,9-10H,7-8H2,(H,15,17)/t10-/m1/s1. The van der Waals surface area contributed by atoms with Crippen molar-refractivity contribution < 1.29 is 9.53 Å². The van der Waals surface area contributed by atoms with E-state index in [1.807, 2.05) is 29.0 Å². The van der Waals surface area contributed by atoms with Crippen molar-refractivity contribution in [3.05, 3.63) is 48.5 Å². The van der Waals surface area contributed by atoms with Gasteiger partial charge in [-0.25, -0.2) is 4.98 Å². The minimum Gasteiger partial charge on any atom is -0.491 e. The molecule has 1 aromatic carbocycles. The first-order valence-corrected chi connectivity index (χ1v) is 5.81. The highest BCUT2D eigenvalue weighted by atomic mass is 16.5. The van der Waals surface area contributed by atoms with E-state index in [4.69, 9.17) is 4.74 Å². The number of fused-ring (bicyclic) bond motifs is 1. The van der Waals surface area contributed by atoms with Crippen LogP contribution in [0.3, 0.4) is 0 Å². The molecule has 5 nitrogen and oxygen atoms in total. The number of aromatic nitrogens is 2. The Balaban J connectivity index is 1.78. The molecule has 0 unspecified atom stereocenters. The topological polar surface area (TPSA) is 56.2 Å². The lowest BCUT2D eigenvalue weighted by Crippen LogP contribution is -2.39. The van der Waals surface area contributed by atoms with Gasteiger partial charge in [-0.15, -0.1) is 0 Å². The van der Waals surface area contributed by atoms with E-state index < -0.39 is 0 Å². The van der Waals surface area contributed by atoms with Crippen LogP contribution in [0.4, 0.5) is 0 Å². The van der Waals surface area contributed by atoms with E-state index in [0.717, 1.165) is 0 Å². The second-order valence-corrected chi connectivity index (χ2v) is 4.24. The molecule has 0 fully saturated rings. The van der Waals surface area contributed by atoms with Gasteiger partial charge in [-0.05, 0) is 12.1 Å². The number of rotatable bonds is 2. The number of amides is 1. The molecule has 0 saturated carbocycles. The van der Waals surface area contributed by atoms with Gasteiger partial charge in [0, 0.05) is 18.9 Å². The molecule has 0 aliphatic carbocycles. The largest absolute Gasteiger partial charge is 0.491 e. The number of benzene rings is 1. The van der Waals surface area contributed by atoms with Crippen molar-refractivity contribution in [2.75, 3.05) is 6.61 Å². The Morgan fingerprint density at radius 3 is 3.17 bits per heavy atom. The monoisotopic (exact) mass is 243 g/mol. The zero-order valence-electron chi connectivity index (χ0n) is 9.74. The highest BCUT2D eigenvalue weighted by molar-refractivity contribution is 5.97. The number of imidazole rings is 1. The minimum absolute atomic E-state index is 0.0564. The molecule has 1 aromatic heterocycles. The lowest BCUT2D eigenvalue weighted by molar-refractivity contribution is 0.0934. The molecule has 0 saturated heterocycles. The van der Waals surface area contributed by atoms with Crippen molar-refractivity contribution in [2.24, 2.45) is 0 Å². The van der Waals surface area contributed by atoms with E-state index in [0.29, 0.717) is 24.5 Å². The summed E-state index contributed by atoms with van der Waals surface area (Å²) in [5.74, 6) is 0.552. The van der Waals surface area contributed by atoms with Crippen LogP contribution in [0.25, 0.3) is 0 Å². The molecule has 0 bridgehead atoms. The first-order chi connectivity index (χ1) is 8.83. The predicted octanol–water partition coefficient (Wildman–Crippen LogP) is 1.07. The Bertz CT molecular complexity index is 551. The molecule has 1 aliphatic rings. The Morgan fingerprint density at radius 1 is 1.44 bits per heavy atom. The number of ether oxygens (including phenoxy) is 1. The summed E-state index contributed by atoms with van der Waals surface area (Å²) >= 11 is 0. The fourth-order valence-corrected chi connectivity index (χ4v) is 2.02. The van der Waals surface area contributed by atoms with E-state index >= 15 is 0 Å². The van der Waals surface area contributed by atoms with Crippen LogP contribution in [0.5, 0.6) is 5.75 Å². The van der Waals surface area contributed by atoms with E-state index in [1.165, 1.54) is 0 Å². The molecular formula is C13H13N3O2. The fraction of sp³-hybridized carbons (Fsp3) is 0.231. The molecule has 3 rings (SSSR count). The van der Waals surface area contributed by atoms with Crippen molar-refractivity contribution >= 4 is 5.91 Å². The highest BCUT2D eigenvalue weighted by Crippen LogP contribution is 2.20. The summed E-state index contributed by atoms with van der Waals surface area (Å²) in [7, 11) is 0. The van der Waals surface area contributed by atoms with Gasteiger partial charge in [-0.3, -0.25) is 4.79 Å². The van der Waals surface area contributed by atoms with Crippen LogP contribution >= 0.6 is 0 Å². The quantitative estimate of drug-likeness (QED) is 0.858. The Hall–Kier alpha value is -2.30. The molecule has 1 aliphatic heterocycles. The molecule has 92 valence electrons. The Kier molecular flexibility index (Phi) is 2.72. The van der Waals surface area contributed by atoms with Crippen molar-refractivity contribution in [1.29, 1.82) is 0 Å². The maximum absolute atomic E-state index is 12.0. The third-order valence-electron chi connectivity index (χ3n) is 2.90. The predicted molar refractivity (Wildman–Crippen MR) is 65.4 cm³/mol. The van der Waals surface area contributed by atoms with Gasteiger partial charge >= 0.3 is 0 Å². The normalized spacial score (nSPS) is 18.4. The molecule has 0 radical (unpaired) electrons. The van der Waals surface area contributed by atoms with E-state index in [-0.39, 0.29) is 11.9 Å². The molecule has 1 atom stereocenters. The first kappa shape index (κ1) is 10.8. The summed E-state index contributed by atoms with van der Waals surface area (Å²) in [6, 6.07) is 7.22. The second-order valence-electron chi connectivity index (χ2n) is 4.24. The van der Waals surface area contributed by atoms with Gasteiger partial charge in [0.05, 0.1) is 17.9 Å². The van der Waals surface area contributed by atoms with Gasteiger partial charge in [0.25, 0.3) is 5.91 Å². The number of nitrogens with zero attached hydrogens (tertiary/aromatic N) is 2. The molecule has 0 spiro atoms. The molecule has 1 N–H and O–H groups in total. The summed E-state index contributed by atoms with van der Waals surface area (Å²) in [4.78, 5) is 16.0. The fourth-order valence-electron chi connectivity index (χ4n) is 2.02. The average molecular weight is 243 g/mol. The number of nitrogens with one attached hydrogen (secondary N) is 1. The van der Waals surface area contributed by atoms with Gasteiger partial charge in [-0.2, -0.15) is 0 Å². The summed E-state index contributed by atoms with van der Waals surface area (Å²) in [5.41, 5.74) is 0.589. The van der Waals surface area contributed by atoms with Crippen molar-refractivity contribution in [2.45, 2.75) is 12.6 Å². The van der Waals surface area contributed by atoms with Gasteiger partial charge in [0.2, 0.25) is 0 Å². The van der Waals surface area contributed by atoms with Gasteiger partial charge in [0.1, 0.15) is 12.4 Å². The van der Waals surface area contributed by atoms with Crippen LogP contribution in [0.2, 0.25) is 0 Å². The van der Waals surface area contributed by atoms with E-state index in [1.54, 1.807) is 18.6 Å². The number of carbonyl (C=O) groups is 1. The highest BCUT2D eigenvalue weighted by Gasteiger charge is 2.22. The Morgan fingerprint density at radius 2 is 2.33 bits per heavy atom. The van der Waals surface area contributed by atoms with Crippen LogP contribution in [0.1, 0.15) is 10.4 Å². The number of carbonyl (C=O) groups excluding carboxylic acids is 1. The van der Waals surface area contributed by atoms with Crippen molar-refractivity contribution in [3.63, 3.8) is 0 Å². The van der Waals surface area contributed by atoms with Crippen molar-refractivity contribution in [1.82, 2.24) is 14.9 Å². The first-order valence-electron chi connectivity index (χ1n) is 5.81. The maximum Gasteiger partial charge on any atom is 0.255 e. The second kappa shape index (κ2) is 4.52. The minimum atomic E-state index is -0.0896. The third-order valence-corrected chi connectivity index (χ3v) is 2.90. The van der Waals surface area contributed by atoms with E-state index in [2.05, 4.69) is 10.3 Å². The molecule has 2 heterocycles.